The van der Waals surface area contributed by atoms with Crippen molar-refractivity contribution in [2.75, 3.05) is 6.61 Å². The lowest BCUT2D eigenvalue weighted by Gasteiger charge is -2.09. The first kappa shape index (κ1) is 19.0. The van der Waals surface area contributed by atoms with E-state index in [9.17, 15) is 9.90 Å². The Labute approximate surface area is 153 Å². The molecule has 0 aliphatic rings. The van der Waals surface area contributed by atoms with Crippen LogP contribution in [0.5, 0.6) is 11.5 Å². The second-order valence-electron chi connectivity index (χ2n) is 5.53. The average Bonchev–Trinajstić information content (AvgIpc) is 2.64. The molecule has 5 nitrogen and oxygen atoms in total. The third kappa shape index (κ3) is 5.34. The number of carbonyl (C=O) groups excluding carboxylic acids is 1. The number of amides is 1. The van der Waals surface area contributed by atoms with E-state index in [-0.39, 0.29) is 12.4 Å². The lowest BCUT2D eigenvalue weighted by molar-refractivity contribution is -0.123. The van der Waals surface area contributed by atoms with Crippen LogP contribution in [-0.4, -0.2) is 23.8 Å². The largest absolute Gasteiger partial charge is 0.507 e. The molecule has 0 aliphatic heterocycles. The number of para-hydroxylation sites is 2. The van der Waals surface area contributed by atoms with Crippen LogP contribution in [0.1, 0.15) is 16.7 Å². The lowest BCUT2D eigenvalue weighted by Crippen LogP contribution is -2.24. The number of hydrogen-bond donors (Lipinski definition) is 2. The van der Waals surface area contributed by atoms with Crippen LogP contribution in [0.15, 0.2) is 72.9 Å². The Kier molecular flexibility index (Phi) is 7.18. The third-order valence-electron chi connectivity index (χ3n) is 3.60. The van der Waals surface area contributed by atoms with E-state index in [1.807, 2.05) is 24.3 Å². The van der Waals surface area contributed by atoms with E-state index in [1.54, 1.807) is 30.4 Å². The summed E-state index contributed by atoms with van der Waals surface area (Å²) in [4.78, 5) is 11.9. The van der Waals surface area contributed by atoms with E-state index in [4.69, 9.17) is 4.74 Å². The molecule has 134 valence electrons. The van der Waals surface area contributed by atoms with Crippen molar-refractivity contribution in [2.24, 2.45) is 5.10 Å². The van der Waals surface area contributed by atoms with Gasteiger partial charge in [-0.25, -0.2) is 5.43 Å². The Hall–Kier alpha value is -3.34. The number of aromatic hydroxyl groups is 1. The van der Waals surface area contributed by atoms with Gasteiger partial charge in [0.25, 0.3) is 5.91 Å². The fraction of sp³-hybridized carbons (Fsp3) is 0.143. The van der Waals surface area contributed by atoms with Gasteiger partial charge in [0.1, 0.15) is 11.5 Å². The number of nitrogens with one attached hydrogen (secondary N) is 1. The molecule has 0 atom stereocenters. The van der Waals surface area contributed by atoms with Crippen molar-refractivity contribution in [2.45, 2.75) is 12.8 Å². The summed E-state index contributed by atoms with van der Waals surface area (Å²) in [5.74, 6) is 0.373. The number of carbonyl (C=O) groups is 1. The molecule has 2 aromatic carbocycles. The fourth-order valence-electron chi connectivity index (χ4n) is 2.35. The minimum absolute atomic E-state index is 0.125. The SMILES string of the molecule is C=CCc1ccccc1OCC(=O)NN=Cc1cccc(CC=C)c1O. The number of rotatable bonds is 9. The first-order chi connectivity index (χ1) is 12.7. The summed E-state index contributed by atoms with van der Waals surface area (Å²) in [6.07, 6.45) is 6.10. The van der Waals surface area contributed by atoms with Crippen molar-refractivity contribution in [3.63, 3.8) is 0 Å². The summed E-state index contributed by atoms with van der Waals surface area (Å²) in [6, 6.07) is 12.8. The number of phenolic OH excluding ortho intramolecular Hbond substituents is 1. The Morgan fingerprint density at radius 2 is 1.77 bits per heavy atom. The number of nitrogens with zero attached hydrogens (tertiary/aromatic N) is 1. The van der Waals surface area contributed by atoms with E-state index >= 15 is 0 Å². The molecule has 26 heavy (non-hydrogen) atoms. The Balaban J connectivity index is 1.91. The summed E-state index contributed by atoms with van der Waals surface area (Å²) in [6.45, 7) is 7.20. The van der Waals surface area contributed by atoms with Crippen molar-refractivity contribution in [3.05, 3.63) is 84.5 Å². The van der Waals surface area contributed by atoms with Crippen molar-refractivity contribution in [1.29, 1.82) is 0 Å². The molecule has 2 aromatic rings. The van der Waals surface area contributed by atoms with Gasteiger partial charge in [0.05, 0.1) is 6.21 Å². The molecule has 2 N–H and O–H groups in total. The maximum absolute atomic E-state index is 11.9. The maximum Gasteiger partial charge on any atom is 0.277 e. The van der Waals surface area contributed by atoms with Crippen molar-refractivity contribution >= 4 is 12.1 Å². The zero-order valence-electron chi connectivity index (χ0n) is 14.5. The molecule has 1 amide bonds. The molecule has 0 spiro atoms. The van der Waals surface area contributed by atoms with E-state index in [2.05, 4.69) is 23.7 Å². The normalized spacial score (nSPS) is 10.5. The molecule has 0 aromatic heterocycles. The van der Waals surface area contributed by atoms with E-state index < -0.39 is 5.91 Å². The van der Waals surface area contributed by atoms with Gasteiger partial charge in [-0.15, -0.1) is 13.2 Å². The number of ether oxygens (including phenoxy) is 1. The smallest absolute Gasteiger partial charge is 0.277 e. The highest BCUT2D eigenvalue weighted by Gasteiger charge is 2.06. The molecule has 5 heteroatoms. The van der Waals surface area contributed by atoms with Gasteiger partial charge in [0.2, 0.25) is 0 Å². The van der Waals surface area contributed by atoms with Crippen molar-refractivity contribution < 1.29 is 14.6 Å². The van der Waals surface area contributed by atoms with E-state index in [1.165, 1.54) is 6.21 Å². The van der Waals surface area contributed by atoms with Crippen LogP contribution < -0.4 is 10.2 Å². The number of phenols is 1. The van der Waals surface area contributed by atoms with Gasteiger partial charge in [0, 0.05) is 5.56 Å². The predicted octanol–water partition coefficient (Wildman–Crippen LogP) is 3.38. The van der Waals surface area contributed by atoms with Gasteiger partial charge in [-0.1, -0.05) is 42.5 Å². The topological polar surface area (TPSA) is 70.9 Å². The van der Waals surface area contributed by atoms with Crippen molar-refractivity contribution in [1.82, 2.24) is 5.43 Å². The molecule has 0 bridgehead atoms. The van der Waals surface area contributed by atoms with Crippen LogP contribution >= 0.6 is 0 Å². The molecule has 0 saturated carbocycles. The minimum Gasteiger partial charge on any atom is -0.507 e. The lowest BCUT2D eigenvalue weighted by atomic mass is 10.1. The van der Waals surface area contributed by atoms with Gasteiger partial charge in [-0.05, 0) is 36.1 Å². The standard InChI is InChI=1S/C21H22N2O3/c1-3-8-16-10-5-6-13-19(16)26-15-20(24)23-22-14-18-12-7-11-17(9-4-2)21(18)25/h3-7,10-14,25H,1-2,8-9,15H2,(H,23,24). The van der Waals surface area contributed by atoms with Crippen LogP contribution in [0.2, 0.25) is 0 Å². The Morgan fingerprint density at radius 1 is 1.08 bits per heavy atom. The second kappa shape index (κ2) is 9.84. The molecular formula is C21H22N2O3. The minimum atomic E-state index is -0.392. The van der Waals surface area contributed by atoms with Crippen molar-refractivity contribution in [3.8, 4) is 11.5 Å². The van der Waals surface area contributed by atoms with E-state index in [0.717, 1.165) is 11.1 Å². The van der Waals surface area contributed by atoms with Crippen LogP contribution in [0.4, 0.5) is 0 Å². The molecule has 0 saturated heterocycles. The molecule has 0 radical (unpaired) electrons. The average molecular weight is 350 g/mol. The highest BCUT2D eigenvalue weighted by molar-refractivity contribution is 5.86. The quantitative estimate of drug-likeness (QED) is 0.414. The number of allylic oxidation sites excluding steroid dienone is 2. The van der Waals surface area contributed by atoms with Gasteiger partial charge in [0.15, 0.2) is 6.61 Å². The first-order valence-corrected chi connectivity index (χ1v) is 8.21. The third-order valence-corrected chi connectivity index (χ3v) is 3.60. The molecule has 0 aliphatic carbocycles. The summed E-state index contributed by atoms with van der Waals surface area (Å²) >= 11 is 0. The second-order valence-corrected chi connectivity index (χ2v) is 5.53. The highest BCUT2D eigenvalue weighted by Crippen LogP contribution is 2.21. The highest BCUT2D eigenvalue weighted by atomic mass is 16.5. The first-order valence-electron chi connectivity index (χ1n) is 8.21. The van der Waals surface area contributed by atoms with Gasteiger partial charge < -0.3 is 9.84 Å². The Morgan fingerprint density at radius 3 is 2.54 bits per heavy atom. The predicted molar refractivity (Wildman–Crippen MR) is 104 cm³/mol. The summed E-state index contributed by atoms with van der Waals surface area (Å²) in [5, 5.41) is 14.0. The van der Waals surface area contributed by atoms with Crippen LogP contribution in [-0.2, 0) is 17.6 Å². The van der Waals surface area contributed by atoms with Gasteiger partial charge in [-0.3, -0.25) is 4.79 Å². The molecular weight excluding hydrogens is 328 g/mol. The zero-order valence-corrected chi connectivity index (χ0v) is 14.5. The van der Waals surface area contributed by atoms with Crippen LogP contribution in [0.3, 0.4) is 0 Å². The monoisotopic (exact) mass is 350 g/mol. The van der Waals surface area contributed by atoms with Crippen LogP contribution in [0.25, 0.3) is 0 Å². The maximum atomic E-state index is 11.9. The number of hydrazone groups is 1. The van der Waals surface area contributed by atoms with Crippen LogP contribution in [0, 0.1) is 0 Å². The molecule has 0 fully saturated rings. The van der Waals surface area contributed by atoms with Gasteiger partial charge in [-0.2, -0.15) is 5.10 Å². The summed E-state index contributed by atoms with van der Waals surface area (Å²) in [5.41, 5.74) is 4.61. The molecule has 2 rings (SSSR count). The molecule has 0 unspecified atom stereocenters. The fourth-order valence-corrected chi connectivity index (χ4v) is 2.35. The van der Waals surface area contributed by atoms with E-state index in [0.29, 0.717) is 24.2 Å². The summed E-state index contributed by atoms with van der Waals surface area (Å²) in [7, 11) is 0. The summed E-state index contributed by atoms with van der Waals surface area (Å²) < 4.78 is 5.53. The number of benzene rings is 2. The Bertz CT molecular complexity index is 813. The molecule has 0 heterocycles. The van der Waals surface area contributed by atoms with Gasteiger partial charge >= 0.3 is 0 Å². The number of hydrogen-bond acceptors (Lipinski definition) is 4. The zero-order chi connectivity index (χ0) is 18.8.